The van der Waals surface area contributed by atoms with Crippen LogP contribution in [0.4, 0.5) is 0 Å². The minimum Gasteiger partial charge on any atom is -0.368 e. The van der Waals surface area contributed by atoms with Gasteiger partial charge in [-0.3, -0.25) is 9.69 Å². The fraction of sp³-hybridized carbons (Fsp3) is 0.455. The van der Waals surface area contributed by atoms with Gasteiger partial charge in [0, 0.05) is 6.54 Å². The maximum absolute atomic E-state index is 11.3. The summed E-state index contributed by atoms with van der Waals surface area (Å²) in [6.07, 6.45) is 1.76. The van der Waals surface area contributed by atoms with E-state index in [1.165, 1.54) is 0 Å². The lowest BCUT2D eigenvalue weighted by molar-refractivity contribution is -0.122. The predicted molar refractivity (Wildman–Crippen MR) is 66.9 cm³/mol. The fourth-order valence-electron chi connectivity index (χ4n) is 2.10. The molecule has 6 heteroatoms. The van der Waals surface area contributed by atoms with Gasteiger partial charge >= 0.3 is 0 Å². The van der Waals surface area contributed by atoms with Gasteiger partial charge in [-0.25, -0.2) is 4.98 Å². The second-order valence-electron chi connectivity index (χ2n) is 4.09. The first kappa shape index (κ1) is 12.6. The van der Waals surface area contributed by atoms with Gasteiger partial charge in [0.15, 0.2) is 0 Å². The molecule has 92 valence electrons. The molecule has 1 aromatic heterocycles. The van der Waals surface area contributed by atoms with Crippen LogP contribution in [0.3, 0.4) is 0 Å². The third kappa shape index (κ3) is 2.89. The third-order valence-corrected chi connectivity index (χ3v) is 3.48. The molecule has 0 bridgehead atoms. The highest BCUT2D eigenvalue weighted by molar-refractivity contribution is 6.32. The molecular weight excluding hydrogens is 261 g/mol. The fourth-order valence-corrected chi connectivity index (χ4v) is 2.43. The summed E-state index contributed by atoms with van der Waals surface area (Å²) < 4.78 is 0. The van der Waals surface area contributed by atoms with E-state index in [9.17, 15) is 4.79 Å². The number of aromatic nitrogens is 1. The molecule has 1 aliphatic rings. The van der Waals surface area contributed by atoms with Gasteiger partial charge in [-0.05, 0) is 31.5 Å². The monoisotopic (exact) mass is 273 g/mol. The van der Waals surface area contributed by atoms with Crippen molar-refractivity contribution in [2.45, 2.75) is 25.4 Å². The average molecular weight is 274 g/mol. The molecule has 17 heavy (non-hydrogen) atoms. The quantitative estimate of drug-likeness (QED) is 0.855. The topological polar surface area (TPSA) is 59.2 Å². The van der Waals surface area contributed by atoms with Crippen LogP contribution in [0.2, 0.25) is 10.2 Å². The molecule has 1 fully saturated rings. The van der Waals surface area contributed by atoms with Gasteiger partial charge in [0.05, 0.1) is 16.8 Å². The number of hydrogen-bond donors (Lipinski definition) is 1. The van der Waals surface area contributed by atoms with E-state index in [0.717, 1.165) is 19.4 Å². The first-order valence-corrected chi connectivity index (χ1v) is 6.18. The Hall–Kier alpha value is -0.840. The largest absolute Gasteiger partial charge is 0.368 e. The molecule has 2 rings (SSSR count). The highest BCUT2D eigenvalue weighted by Gasteiger charge is 2.29. The van der Waals surface area contributed by atoms with Crippen LogP contribution in [0.15, 0.2) is 12.1 Å². The summed E-state index contributed by atoms with van der Waals surface area (Å²) in [5.41, 5.74) is 6.04. The Morgan fingerprint density at radius 3 is 3.00 bits per heavy atom. The van der Waals surface area contributed by atoms with Gasteiger partial charge in [0.2, 0.25) is 5.91 Å². The number of rotatable bonds is 3. The van der Waals surface area contributed by atoms with Gasteiger partial charge in [-0.2, -0.15) is 0 Å². The van der Waals surface area contributed by atoms with E-state index in [1.807, 2.05) is 4.90 Å². The molecule has 1 amide bonds. The molecule has 1 unspecified atom stereocenters. The number of primary amides is 1. The van der Waals surface area contributed by atoms with Gasteiger partial charge < -0.3 is 5.73 Å². The van der Waals surface area contributed by atoms with Crippen molar-refractivity contribution in [1.82, 2.24) is 9.88 Å². The lowest BCUT2D eigenvalue weighted by Gasteiger charge is -2.21. The number of nitrogens with zero attached hydrogens (tertiary/aromatic N) is 2. The molecule has 0 saturated carbocycles. The van der Waals surface area contributed by atoms with Gasteiger partial charge in [-0.15, -0.1) is 0 Å². The second kappa shape index (κ2) is 5.21. The van der Waals surface area contributed by atoms with Crippen molar-refractivity contribution >= 4 is 29.1 Å². The molecule has 0 aromatic carbocycles. The van der Waals surface area contributed by atoms with Crippen LogP contribution in [0.25, 0.3) is 0 Å². The Labute approximate surface area is 110 Å². The lowest BCUT2D eigenvalue weighted by atomic mass is 10.2. The van der Waals surface area contributed by atoms with Crippen LogP contribution >= 0.6 is 23.2 Å². The first-order valence-electron chi connectivity index (χ1n) is 5.42. The molecule has 1 aromatic rings. The number of hydrogen-bond acceptors (Lipinski definition) is 3. The zero-order valence-electron chi connectivity index (χ0n) is 9.20. The van der Waals surface area contributed by atoms with Crippen molar-refractivity contribution in [2.75, 3.05) is 6.54 Å². The number of amides is 1. The highest BCUT2D eigenvalue weighted by atomic mass is 35.5. The molecule has 1 saturated heterocycles. The highest BCUT2D eigenvalue weighted by Crippen LogP contribution is 2.23. The minimum absolute atomic E-state index is 0.216. The maximum Gasteiger partial charge on any atom is 0.234 e. The van der Waals surface area contributed by atoms with Crippen molar-refractivity contribution < 1.29 is 4.79 Å². The molecular formula is C11H13Cl2N3O. The van der Waals surface area contributed by atoms with E-state index in [1.54, 1.807) is 12.1 Å². The SMILES string of the molecule is NC(=O)C1CCCN1Cc1nc(Cl)ccc1Cl. The Morgan fingerprint density at radius 1 is 1.53 bits per heavy atom. The van der Waals surface area contributed by atoms with Crippen LogP contribution in [0.5, 0.6) is 0 Å². The van der Waals surface area contributed by atoms with Crippen molar-refractivity contribution in [2.24, 2.45) is 5.73 Å². The first-order chi connectivity index (χ1) is 8.08. The van der Waals surface area contributed by atoms with Crippen LogP contribution in [0.1, 0.15) is 18.5 Å². The summed E-state index contributed by atoms with van der Waals surface area (Å²) in [7, 11) is 0. The maximum atomic E-state index is 11.3. The van der Waals surface area contributed by atoms with E-state index >= 15 is 0 Å². The third-order valence-electron chi connectivity index (χ3n) is 2.93. The van der Waals surface area contributed by atoms with Gasteiger partial charge in [0.25, 0.3) is 0 Å². The van der Waals surface area contributed by atoms with Crippen molar-refractivity contribution in [3.63, 3.8) is 0 Å². The zero-order chi connectivity index (χ0) is 12.4. The van der Waals surface area contributed by atoms with Crippen molar-refractivity contribution in [3.05, 3.63) is 28.0 Å². The molecule has 0 aliphatic carbocycles. The summed E-state index contributed by atoms with van der Waals surface area (Å²) >= 11 is 11.9. The summed E-state index contributed by atoms with van der Waals surface area (Å²) in [5, 5.41) is 0.962. The van der Waals surface area contributed by atoms with Crippen LogP contribution < -0.4 is 5.73 Å². The van der Waals surface area contributed by atoms with E-state index in [0.29, 0.717) is 22.4 Å². The van der Waals surface area contributed by atoms with Gasteiger partial charge in [0.1, 0.15) is 5.15 Å². The van der Waals surface area contributed by atoms with Crippen LogP contribution in [0, 0.1) is 0 Å². The Balaban J connectivity index is 2.15. The zero-order valence-corrected chi connectivity index (χ0v) is 10.7. The Morgan fingerprint density at radius 2 is 2.29 bits per heavy atom. The van der Waals surface area contributed by atoms with Crippen LogP contribution in [-0.2, 0) is 11.3 Å². The number of pyridine rings is 1. The number of nitrogens with two attached hydrogens (primary N) is 1. The Kier molecular flexibility index (Phi) is 3.86. The number of carbonyl (C=O) groups excluding carboxylic acids is 1. The second-order valence-corrected chi connectivity index (χ2v) is 4.89. The smallest absolute Gasteiger partial charge is 0.234 e. The normalized spacial score (nSPS) is 20.7. The standard InChI is InChI=1S/C11H13Cl2N3O/c12-7-3-4-10(13)15-8(7)6-16-5-1-2-9(16)11(14)17/h3-4,9H,1-2,5-6H2,(H2,14,17). The van der Waals surface area contributed by atoms with Gasteiger partial charge in [-0.1, -0.05) is 23.2 Å². The molecule has 2 heterocycles. The predicted octanol–water partition coefficient (Wildman–Crippen LogP) is 1.84. The van der Waals surface area contributed by atoms with E-state index < -0.39 is 0 Å². The lowest BCUT2D eigenvalue weighted by Crippen LogP contribution is -2.39. The van der Waals surface area contributed by atoms with Crippen LogP contribution in [-0.4, -0.2) is 28.4 Å². The average Bonchev–Trinajstić information content (AvgIpc) is 2.71. The molecule has 0 spiro atoms. The summed E-state index contributed by atoms with van der Waals surface area (Å²) in [6, 6.07) is 3.14. The Bertz CT molecular complexity index is 439. The molecule has 2 N–H and O–H groups in total. The number of likely N-dealkylation sites (tertiary alicyclic amines) is 1. The van der Waals surface area contributed by atoms with E-state index in [4.69, 9.17) is 28.9 Å². The summed E-state index contributed by atoms with van der Waals surface area (Å²) in [4.78, 5) is 17.4. The number of carbonyl (C=O) groups is 1. The van der Waals surface area contributed by atoms with Crippen molar-refractivity contribution in [1.29, 1.82) is 0 Å². The molecule has 0 radical (unpaired) electrons. The van der Waals surface area contributed by atoms with E-state index in [2.05, 4.69) is 4.98 Å². The van der Waals surface area contributed by atoms with Crippen molar-refractivity contribution in [3.8, 4) is 0 Å². The van der Waals surface area contributed by atoms with E-state index in [-0.39, 0.29) is 11.9 Å². The molecule has 1 atom stereocenters. The molecule has 4 nitrogen and oxygen atoms in total. The summed E-state index contributed by atoms with van der Waals surface area (Å²) in [6.45, 7) is 1.34. The summed E-state index contributed by atoms with van der Waals surface area (Å²) in [5.74, 6) is -0.291. The number of halogens is 2. The molecule has 1 aliphatic heterocycles. The minimum atomic E-state index is -0.291.